The van der Waals surface area contributed by atoms with Crippen LogP contribution in [0.3, 0.4) is 0 Å². The van der Waals surface area contributed by atoms with Crippen LogP contribution in [0, 0.1) is 5.82 Å². The van der Waals surface area contributed by atoms with E-state index in [9.17, 15) is 19.4 Å². The fourth-order valence-corrected chi connectivity index (χ4v) is 3.47. The van der Waals surface area contributed by atoms with Gasteiger partial charge in [0.05, 0.1) is 30.0 Å². The van der Waals surface area contributed by atoms with Gasteiger partial charge < -0.3 is 20.1 Å². The SMILES string of the molecule is O=c1cc(-c2ccnc(Nc3ccncc3CO)n2)ccn1C(CO)c1ccc(Cl)c(F)c1. The Balaban J connectivity index is 1.63. The minimum atomic E-state index is -0.774. The quantitative estimate of drug-likeness (QED) is 0.382. The fourth-order valence-electron chi connectivity index (χ4n) is 3.36. The number of hydrogen-bond acceptors (Lipinski definition) is 7. The zero-order valence-corrected chi connectivity index (χ0v) is 17.9. The summed E-state index contributed by atoms with van der Waals surface area (Å²) < 4.78 is 15.2. The number of aromatic nitrogens is 4. The highest BCUT2D eigenvalue weighted by molar-refractivity contribution is 6.30. The predicted octanol–water partition coefficient (Wildman–Crippen LogP) is 3.31. The van der Waals surface area contributed by atoms with Gasteiger partial charge in [0.25, 0.3) is 5.56 Å². The van der Waals surface area contributed by atoms with Crippen molar-refractivity contribution in [1.29, 1.82) is 0 Å². The second-order valence-electron chi connectivity index (χ2n) is 7.11. The third-order valence-corrected chi connectivity index (χ3v) is 5.36. The first kappa shape index (κ1) is 22.5. The molecule has 3 N–H and O–H groups in total. The first-order valence-corrected chi connectivity index (χ1v) is 10.3. The molecule has 3 aromatic heterocycles. The van der Waals surface area contributed by atoms with E-state index in [1.54, 1.807) is 36.7 Å². The van der Waals surface area contributed by atoms with E-state index < -0.39 is 24.0 Å². The monoisotopic (exact) mass is 467 g/mol. The highest BCUT2D eigenvalue weighted by Crippen LogP contribution is 2.24. The lowest BCUT2D eigenvalue weighted by Gasteiger charge is -2.18. The molecule has 4 aromatic rings. The molecule has 33 heavy (non-hydrogen) atoms. The Morgan fingerprint density at radius 3 is 2.70 bits per heavy atom. The molecule has 1 unspecified atom stereocenters. The Kier molecular flexibility index (Phi) is 6.74. The molecule has 4 rings (SSSR count). The van der Waals surface area contributed by atoms with Crippen molar-refractivity contribution in [3.8, 4) is 11.3 Å². The largest absolute Gasteiger partial charge is 0.394 e. The summed E-state index contributed by atoms with van der Waals surface area (Å²) in [5, 5.41) is 22.3. The molecular weight excluding hydrogens is 449 g/mol. The smallest absolute Gasteiger partial charge is 0.251 e. The normalized spacial score (nSPS) is 11.9. The summed E-state index contributed by atoms with van der Waals surface area (Å²) in [6.07, 6.45) is 6.18. The third-order valence-electron chi connectivity index (χ3n) is 5.06. The molecule has 1 atom stereocenters. The number of benzene rings is 1. The number of pyridine rings is 2. The van der Waals surface area contributed by atoms with Gasteiger partial charge in [0.15, 0.2) is 0 Å². The Morgan fingerprint density at radius 2 is 1.97 bits per heavy atom. The summed E-state index contributed by atoms with van der Waals surface area (Å²) in [6.45, 7) is -0.599. The van der Waals surface area contributed by atoms with Gasteiger partial charge in [0, 0.05) is 47.7 Å². The van der Waals surface area contributed by atoms with E-state index in [4.69, 9.17) is 11.6 Å². The number of rotatable bonds is 7. The lowest BCUT2D eigenvalue weighted by atomic mass is 10.1. The van der Waals surface area contributed by atoms with Crippen molar-refractivity contribution in [1.82, 2.24) is 19.5 Å². The average Bonchev–Trinajstić information content (AvgIpc) is 2.83. The number of hydrogen-bond donors (Lipinski definition) is 3. The Labute approximate surface area is 193 Å². The van der Waals surface area contributed by atoms with Crippen LogP contribution in [-0.2, 0) is 6.61 Å². The molecule has 3 heterocycles. The molecule has 0 amide bonds. The summed E-state index contributed by atoms with van der Waals surface area (Å²) in [5.41, 5.74) is 2.25. The first-order chi connectivity index (χ1) is 16.0. The van der Waals surface area contributed by atoms with Gasteiger partial charge in [0.2, 0.25) is 5.95 Å². The van der Waals surface area contributed by atoms with Crippen molar-refractivity contribution in [3.63, 3.8) is 0 Å². The van der Waals surface area contributed by atoms with Crippen molar-refractivity contribution >= 4 is 23.2 Å². The number of anilines is 2. The van der Waals surface area contributed by atoms with Gasteiger partial charge in [-0.15, -0.1) is 0 Å². The van der Waals surface area contributed by atoms with Gasteiger partial charge in [-0.05, 0) is 35.9 Å². The molecule has 0 aliphatic heterocycles. The van der Waals surface area contributed by atoms with E-state index in [1.165, 1.54) is 35.2 Å². The van der Waals surface area contributed by atoms with E-state index >= 15 is 0 Å². The number of halogens is 2. The number of nitrogens with zero attached hydrogens (tertiary/aromatic N) is 4. The van der Waals surface area contributed by atoms with Crippen LogP contribution < -0.4 is 10.9 Å². The summed E-state index contributed by atoms with van der Waals surface area (Å²) in [7, 11) is 0. The summed E-state index contributed by atoms with van der Waals surface area (Å²) in [6, 6.07) is 9.78. The zero-order chi connectivity index (χ0) is 23.4. The Morgan fingerprint density at radius 1 is 1.12 bits per heavy atom. The number of aliphatic hydroxyl groups excluding tert-OH is 2. The van der Waals surface area contributed by atoms with Crippen molar-refractivity contribution < 1.29 is 14.6 Å². The van der Waals surface area contributed by atoms with Crippen molar-refractivity contribution in [3.05, 3.63) is 99.6 Å². The van der Waals surface area contributed by atoms with Gasteiger partial charge in [0.1, 0.15) is 5.82 Å². The first-order valence-electron chi connectivity index (χ1n) is 9.92. The Bertz CT molecular complexity index is 1350. The maximum atomic E-state index is 13.9. The van der Waals surface area contributed by atoms with Crippen LogP contribution in [0.5, 0.6) is 0 Å². The molecule has 0 spiro atoms. The van der Waals surface area contributed by atoms with Crippen LogP contribution in [-0.4, -0.2) is 36.3 Å². The predicted molar refractivity (Wildman–Crippen MR) is 122 cm³/mol. The molecule has 0 aliphatic rings. The van der Waals surface area contributed by atoms with E-state index in [0.29, 0.717) is 28.1 Å². The third kappa shape index (κ3) is 4.90. The molecular formula is C23H19ClFN5O3. The van der Waals surface area contributed by atoms with Crippen LogP contribution in [0.4, 0.5) is 16.0 Å². The molecule has 0 bridgehead atoms. The topological polar surface area (TPSA) is 113 Å². The Hall–Kier alpha value is -3.66. The molecule has 0 aliphatic carbocycles. The van der Waals surface area contributed by atoms with Crippen molar-refractivity contribution in [2.45, 2.75) is 12.6 Å². The van der Waals surface area contributed by atoms with Crippen LogP contribution in [0.25, 0.3) is 11.3 Å². The molecule has 168 valence electrons. The number of nitrogens with one attached hydrogen (secondary N) is 1. The van der Waals surface area contributed by atoms with Crippen LogP contribution in [0.1, 0.15) is 17.2 Å². The van der Waals surface area contributed by atoms with Crippen LogP contribution in [0.15, 0.2) is 72.0 Å². The van der Waals surface area contributed by atoms with E-state index in [0.717, 1.165) is 0 Å². The standard InChI is InChI=1S/C23H19ClFN5O3/c24-17-2-1-15(9-18(17)25)21(13-32)30-8-5-14(10-22(30)33)19-4-7-27-23(28-19)29-20-3-6-26-11-16(20)12-31/h1-11,21,31-32H,12-13H2,(H,26,27,28,29). The minimum Gasteiger partial charge on any atom is -0.394 e. The van der Waals surface area contributed by atoms with Gasteiger partial charge in [-0.2, -0.15) is 0 Å². The van der Waals surface area contributed by atoms with Gasteiger partial charge in [-0.1, -0.05) is 17.7 Å². The van der Waals surface area contributed by atoms with Gasteiger partial charge >= 0.3 is 0 Å². The second-order valence-corrected chi connectivity index (χ2v) is 7.52. The van der Waals surface area contributed by atoms with Crippen molar-refractivity contribution in [2.75, 3.05) is 11.9 Å². The number of aliphatic hydroxyl groups is 2. The van der Waals surface area contributed by atoms with Gasteiger partial charge in [-0.25, -0.2) is 14.4 Å². The molecule has 10 heteroatoms. The highest BCUT2D eigenvalue weighted by atomic mass is 35.5. The summed E-state index contributed by atoms with van der Waals surface area (Å²) in [5.74, 6) is -0.348. The van der Waals surface area contributed by atoms with Crippen LogP contribution >= 0.6 is 11.6 Å². The average molecular weight is 468 g/mol. The minimum absolute atomic E-state index is 0.0378. The molecule has 0 saturated heterocycles. The van der Waals surface area contributed by atoms with E-state index in [2.05, 4.69) is 20.3 Å². The van der Waals surface area contributed by atoms with Crippen LogP contribution in [0.2, 0.25) is 5.02 Å². The lowest BCUT2D eigenvalue weighted by molar-refractivity contribution is 0.247. The maximum Gasteiger partial charge on any atom is 0.251 e. The zero-order valence-electron chi connectivity index (χ0n) is 17.2. The highest BCUT2D eigenvalue weighted by Gasteiger charge is 2.16. The fraction of sp³-hybridized carbons (Fsp3) is 0.130. The second kappa shape index (κ2) is 9.86. The van der Waals surface area contributed by atoms with Crippen molar-refractivity contribution in [2.24, 2.45) is 0 Å². The summed E-state index contributed by atoms with van der Waals surface area (Å²) in [4.78, 5) is 25.4. The molecule has 0 fully saturated rings. The van der Waals surface area contributed by atoms with E-state index in [1.807, 2.05) is 0 Å². The van der Waals surface area contributed by atoms with E-state index in [-0.39, 0.29) is 17.6 Å². The molecule has 8 nitrogen and oxygen atoms in total. The lowest BCUT2D eigenvalue weighted by Crippen LogP contribution is -2.27. The summed E-state index contributed by atoms with van der Waals surface area (Å²) >= 11 is 5.74. The molecule has 0 saturated carbocycles. The van der Waals surface area contributed by atoms with Gasteiger partial charge in [-0.3, -0.25) is 9.78 Å². The molecule has 1 aromatic carbocycles. The molecule has 0 radical (unpaired) electrons. The maximum absolute atomic E-state index is 13.9.